The summed E-state index contributed by atoms with van der Waals surface area (Å²) in [7, 11) is 0. The van der Waals surface area contributed by atoms with Gasteiger partial charge in [-0.1, -0.05) is 23.8 Å². The molecule has 124 valence electrons. The second-order valence-corrected chi connectivity index (χ2v) is 5.77. The number of carbonyl (C=O) groups is 1. The van der Waals surface area contributed by atoms with Gasteiger partial charge in [0.2, 0.25) is 0 Å². The first kappa shape index (κ1) is 17.3. The average molecular weight is 324 g/mol. The van der Waals surface area contributed by atoms with Crippen molar-refractivity contribution in [1.29, 1.82) is 0 Å². The second kappa shape index (κ2) is 7.51. The molecule has 2 rings (SSSR count). The smallest absolute Gasteiger partial charge is 0.185 e. The van der Waals surface area contributed by atoms with Crippen molar-refractivity contribution in [3.63, 3.8) is 0 Å². The number of hydrogen-bond acceptors (Lipinski definition) is 4. The van der Waals surface area contributed by atoms with Crippen LogP contribution in [-0.2, 0) is 6.42 Å². The predicted molar refractivity (Wildman–Crippen MR) is 94.4 cm³/mol. The molecule has 0 saturated carbocycles. The monoisotopic (exact) mass is 324 g/mol. The maximum Gasteiger partial charge on any atom is 0.185 e. The molecular weight excluding hydrogens is 304 g/mol. The number of allylic oxidation sites excluding steroid dienone is 3. The lowest BCUT2D eigenvalue weighted by Crippen LogP contribution is -1.96. The van der Waals surface area contributed by atoms with Crippen LogP contribution >= 0.6 is 0 Å². The lowest BCUT2D eigenvalue weighted by molar-refractivity contribution is 0.104. The van der Waals surface area contributed by atoms with Crippen molar-refractivity contribution >= 4 is 11.9 Å². The molecule has 0 atom stereocenters. The summed E-state index contributed by atoms with van der Waals surface area (Å²) in [5.41, 5.74) is 2.90. The van der Waals surface area contributed by atoms with Crippen LogP contribution in [0.4, 0.5) is 0 Å². The zero-order valence-electron chi connectivity index (χ0n) is 13.7. The molecule has 0 unspecified atom stereocenters. The van der Waals surface area contributed by atoms with Crippen LogP contribution in [0.2, 0.25) is 0 Å². The summed E-state index contributed by atoms with van der Waals surface area (Å²) in [5, 5.41) is 28.6. The highest BCUT2D eigenvalue weighted by Gasteiger charge is 2.07. The first-order chi connectivity index (χ1) is 11.4. The quantitative estimate of drug-likeness (QED) is 0.333. The Morgan fingerprint density at radius 1 is 0.958 bits per heavy atom. The molecule has 24 heavy (non-hydrogen) atoms. The summed E-state index contributed by atoms with van der Waals surface area (Å²) >= 11 is 0. The van der Waals surface area contributed by atoms with Crippen LogP contribution in [0.25, 0.3) is 6.08 Å². The van der Waals surface area contributed by atoms with Gasteiger partial charge in [0.05, 0.1) is 0 Å². The number of aromatic hydroxyl groups is 3. The van der Waals surface area contributed by atoms with Gasteiger partial charge in [-0.25, -0.2) is 0 Å². The van der Waals surface area contributed by atoms with Crippen LogP contribution in [0.5, 0.6) is 17.2 Å². The summed E-state index contributed by atoms with van der Waals surface area (Å²) in [4.78, 5) is 12.3. The highest BCUT2D eigenvalue weighted by atomic mass is 16.3. The summed E-state index contributed by atoms with van der Waals surface area (Å²) in [5.74, 6) is -0.489. The molecule has 2 aromatic rings. The maximum atomic E-state index is 12.3. The van der Waals surface area contributed by atoms with Gasteiger partial charge >= 0.3 is 0 Å². The lowest BCUT2D eigenvalue weighted by atomic mass is 10.0. The van der Waals surface area contributed by atoms with E-state index in [4.69, 9.17) is 0 Å². The number of benzene rings is 2. The SMILES string of the molecule is CC(C)=CCc1cc(C(=O)C=Cc2ccc(O)c(O)c2)ccc1O. The van der Waals surface area contributed by atoms with Crippen LogP contribution in [0.1, 0.15) is 35.3 Å². The van der Waals surface area contributed by atoms with Gasteiger partial charge in [0.15, 0.2) is 17.3 Å². The first-order valence-electron chi connectivity index (χ1n) is 7.56. The molecule has 0 aliphatic carbocycles. The Bertz CT molecular complexity index is 812. The predicted octanol–water partition coefficient (Wildman–Crippen LogP) is 4.21. The van der Waals surface area contributed by atoms with Crippen molar-refractivity contribution < 1.29 is 20.1 Å². The Labute approximate surface area is 141 Å². The van der Waals surface area contributed by atoms with E-state index in [1.807, 2.05) is 19.9 Å². The fourth-order valence-electron chi connectivity index (χ4n) is 2.13. The van der Waals surface area contributed by atoms with E-state index in [-0.39, 0.29) is 23.0 Å². The van der Waals surface area contributed by atoms with Crippen molar-refractivity contribution in [2.75, 3.05) is 0 Å². The van der Waals surface area contributed by atoms with Gasteiger partial charge in [-0.3, -0.25) is 4.79 Å². The molecule has 0 radical (unpaired) electrons. The molecule has 0 aliphatic rings. The van der Waals surface area contributed by atoms with E-state index < -0.39 is 0 Å². The minimum Gasteiger partial charge on any atom is -0.508 e. The highest BCUT2D eigenvalue weighted by Crippen LogP contribution is 2.25. The summed E-state index contributed by atoms with van der Waals surface area (Å²) in [6, 6.07) is 9.09. The Morgan fingerprint density at radius 2 is 1.67 bits per heavy atom. The van der Waals surface area contributed by atoms with E-state index in [2.05, 4.69) is 0 Å². The second-order valence-electron chi connectivity index (χ2n) is 5.77. The standard InChI is InChI=1S/C20H20O4/c1-13(2)3-6-15-12-16(7-10-18(15)22)17(21)8-4-14-5-9-19(23)20(24)11-14/h3-5,7-12,22-24H,6H2,1-2H3. The molecule has 0 heterocycles. The normalized spacial score (nSPS) is 10.8. The van der Waals surface area contributed by atoms with Gasteiger partial charge in [0, 0.05) is 5.56 Å². The summed E-state index contributed by atoms with van der Waals surface area (Å²) < 4.78 is 0. The Kier molecular flexibility index (Phi) is 5.42. The summed E-state index contributed by atoms with van der Waals surface area (Å²) in [6.07, 6.45) is 5.50. The maximum absolute atomic E-state index is 12.3. The molecule has 0 fully saturated rings. The Hall–Kier alpha value is -3.01. The Morgan fingerprint density at radius 3 is 2.33 bits per heavy atom. The minimum atomic E-state index is -0.238. The molecule has 0 aromatic heterocycles. The van der Waals surface area contributed by atoms with E-state index in [9.17, 15) is 20.1 Å². The van der Waals surface area contributed by atoms with Gasteiger partial charge in [-0.2, -0.15) is 0 Å². The van der Waals surface area contributed by atoms with Crippen molar-refractivity contribution in [3.05, 3.63) is 70.8 Å². The molecule has 0 bridgehead atoms. The molecule has 3 N–H and O–H groups in total. The molecule has 0 spiro atoms. The fraction of sp³-hybridized carbons (Fsp3) is 0.150. The average Bonchev–Trinajstić information content (AvgIpc) is 2.54. The molecular formula is C20H20O4. The van der Waals surface area contributed by atoms with E-state index in [0.717, 1.165) is 5.57 Å². The third-order valence-electron chi connectivity index (χ3n) is 3.52. The van der Waals surface area contributed by atoms with Crippen LogP contribution in [0.3, 0.4) is 0 Å². The molecule has 4 heteroatoms. The van der Waals surface area contributed by atoms with Crippen LogP contribution in [0.15, 0.2) is 54.1 Å². The molecule has 0 saturated heterocycles. The number of hydrogen-bond donors (Lipinski definition) is 3. The summed E-state index contributed by atoms with van der Waals surface area (Å²) in [6.45, 7) is 3.95. The van der Waals surface area contributed by atoms with Crippen molar-refractivity contribution in [1.82, 2.24) is 0 Å². The minimum absolute atomic E-state index is 0.163. The Balaban J connectivity index is 2.20. The number of phenolic OH excluding ortho intramolecular Hbond substituents is 3. The number of carbonyl (C=O) groups excluding carboxylic acids is 1. The highest BCUT2D eigenvalue weighted by molar-refractivity contribution is 6.07. The number of ketones is 1. The number of phenols is 3. The molecule has 4 nitrogen and oxygen atoms in total. The van der Waals surface area contributed by atoms with E-state index in [0.29, 0.717) is 23.1 Å². The van der Waals surface area contributed by atoms with E-state index in [1.165, 1.54) is 24.3 Å². The van der Waals surface area contributed by atoms with Crippen molar-refractivity contribution in [2.24, 2.45) is 0 Å². The largest absolute Gasteiger partial charge is 0.508 e. The van der Waals surface area contributed by atoms with Gasteiger partial charge in [0.25, 0.3) is 0 Å². The zero-order valence-corrected chi connectivity index (χ0v) is 13.7. The molecule has 0 amide bonds. The van der Waals surface area contributed by atoms with Crippen LogP contribution in [-0.4, -0.2) is 21.1 Å². The zero-order chi connectivity index (χ0) is 17.7. The first-order valence-corrected chi connectivity index (χ1v) is 7.56. The lowest BCUT2D eigenvalue weighted by Gasteiger charge is -2.04. The third kappa shape index (κ3) is 4.49. The van der Waals surface area contributed by atoms with Crippen molar-refractivity contribution in [3.8, 4) is 17.2 Å². The number of rotatable bonds is 5. The van der Waals surface area contributed by atoms with Gasteiger partial charge in [-0.15, -0.1) is 0 Å². The van der Waals surface area contributed by atoms with Crippen LogP contribution in [0, 0.1) is 0 Å². The molecule has 2 aromatic carbocycles. The van der Waals surface area contributed by atoms with Gasteiger partial charge in [0.1, 0.15) is 5.75 Å². The topological polar surface area (TPSA) is 77.8 Å². The van der Waals surface area contributed by atoms with Gasteiger partial charge in [-0.05, 0) is 67.8 Å². The molecule has 0 aliphatic heterocycles. The van der Waals surface area contributed by atoms with Gasteiger partial charge < -0.3 is 15.3 Å². The van der Waals surface area contributed by atoms with Crippen molar-refractivity contribution in [2.45, 2.75) is 20.3 Å². The third-order valence-corrected chi connectivity index (χ3v) is 3.52. The van der Waals surface area contributed by atoms with E-state index in [1.54, 1.807) is 24.3 Å². The fourth-order valence-corrected chi connectivity index (χ4v) is 2.13. The van der Waals surface area contributed by atoms with E-state index >= 15 is 0 Å². The van der Waals surface area contributed by atoms with Crippen LogP contribution < -0.4 is 0 Å².